The number of ether oxygens (including phenoxy) is 2. The van der Waals surface area contributed by atoms with Crippen molar-refractivity contribution in [1.29, 1.82) is 0 Å². The molecule has 3 N–H and O–H groups in total. The summed E-state index contributed by atoms with van der Waals surface area (Å²) in [5.74, 6) is 0.180. The van der Waals surface area contributed by atoms with Crippen molar-refractivity contribution in [2.45, 2.75) is 25.9 Å². The third kappa shape index (κ3) is 3.63. The maximum atomic E-state index is 11.0. The van der Waals surface area contributed by atoms with Gasteiger partial charge >= 0.3 is 5.97 Å². The molecule has 0 radical (unpaired) electrons. The molecule has 1 atom stereocenters. The average Bonchev–Trinajstić information content (AvgIpc) is 2.37. The standard InChI is InChI=1S/C13H19NO4/c1-3-11(13(15)16)18-12-8-10(17-2)5-4-9(12)6-7-14/h4-5,8,11H,3,6-7,14H2,1-2H3,(H,15,16). The Morgan fingerprint density at radius 3 is 2.72 bits per heavy atom. The molecule has 0 bridgehead atoms. The fraction of sp³-hybridized carbons (Fsp3) is 0.462. The molecule has 0 saturated carbocycles. The van der Waals surface area contributed by atoms with Crippen molar-refractivity contribution in [3.8, 4) is 11.5 Å². The Labute approximate surface area is 107 Å². The van der Waals surface area contributed by atoms with Gasteiger partial charge in [-0.3, -0.25) is 0 Å². The Bertz CT molecular complexity index is 406. The molecule has 0 aliphatic rings. The Hall–Kier alpha value is -1.75. The van der Waals surface area contributed by atoms with Crippen LogP contribution in [0.1, 0.15) is 18.9 Å². The summed E-state index contributed by atoms with van der Waals surface area (Å²) in [6.07, 6.45) is 0.179. The van der Waals surface area contributed by atoms with E-state index in [0.29, 0.717) is 30.9 Å². The molecule has 0 aromatic heterocycles. The zero-order valence-electron chi connectivity index (χ0n) is 10.7. The van der Waals surface area contributed by atoms with E-state index in [1.165, 1.54) is 0 Å². The molecule has 5 heteroatoms. The molecule has 100 valence electrons. The predicted molar refractivity (Wildman–Crippen MR) is 68.1 cm³/mol. The first-order valence-corrected chi connectivity index (χ1v) is 5.88. The van der Waals surface area contributed by atoms with Crippen molar-refractivity contribution in [3.05, 3.63) is 23.8 Å². The van der Waals surface area contributed by atoms with Crippen LogP contribution < -0.4 is 15.2 Å². The van der Waals surface area contributed by atoms with Crippen LogP contribution in [0.15, 0.2) is 18.2 Å². The lowest BCUT2D eigenvalue weighted by Crippen LogP contribution is -2.26. The predicted octanol–water partition coefficient (Wildman–Crippen LogP) is 1.44. The highest BCUT2D eigenvalue weighted by atomic mass is 16.5. The van der Waals surface area contributed by atoms with E-state index in [0.717, 1.165) is 5.56 Å². The number of hydrogen-bond donors (Lipinski definition) is 2. The van der Waals surface area contributed by atoms with E-state index in [2.05, 4.69) is 0 Å². The van der Waals surface area contributed by atoms with E-state index < -0.39 is 12.1 Å². The van der Waals surface area contributed by atoms with Gasteiger partial charge in [0, 0.05) is 6.07 Å². The highest BCUT2D eigenvalue weighted by Gasteiger charge is 2.18. The quantitative estimate of drug-likeness (QED) is 0.768. The normalized spacial score (nSPS) is 11.9. The van der Waals surface area contributed by atoms with Gasteiger partial charge in [0.2, 0.25) is 0 Å². The van der Waals surface area contributed by atoms with E-state index in [-0.39, 0.29) is 0 Å². The van der Waals surface area contributed by atoms with Crippen molar-refractivity contribution in [2.24, 2.45) is 5.73 Å². The second-order valence-corrected chi connectivity index (χ2v) is 3.87. The maximum Gasteiger partial charge on any atom is 0.344 e. The number of carbonyl (C=O) groups is 1. The van der Waals surface area contributed by atoms with E-state index in [9.17, 15) is 4.79 Å². The fourth-order valence-electron chi connectivity index (χ4n) is 1.60. The smallest absolute Gasteiger partial charge is 0.344 e. The molecule has 0 amide bonds. The fourth-order valence-corrected chi connectivity index (χ4v) is 1.60. The topological polar surface area (TPSA) is 81.8 Å². The first-order chi connectivity index (χ1) is 8.62. The third-order valence-corrected chi connectivity index (χ3v) is 2.60. The van der Waals surface area contributed by atoms with Crippen molar-refractivity contribution < 1.29 is 19.4 Å². The van der Waals surface area contributed by atoms with Gasteiger partial charge in [0.25, 0.3) is 0 Å². The van der Waals surface area contributed by atoms with Gasteiger partial charge in [0.15, 0.2) is 6.10 Å². The zero-order valence-corrected chi connectivity index (χ0v) is 10.7. The van der Waals surface area contributed by atoms with Crippen molar-refractivity contribution in [1.82, 2.24) is 0 Å². The Morgan fingerprint density at radius 2 is 2.22 bits per heavy atom. The van der Waals surface area contributed by atoms with Gasteiger partial charge in [0.05, 0.1) is 7.11 Å². The summed E-state index contributed by atoms with van der Waals surface area (Å²) in [5.41, 5.74) is 6.41. The lowest BCUT2D eigenvalue weighted by Gasteiger charge is -2.17. The highest BCUT2D eigenvalue weighted by molar-refractivity contribution is 5.72. The van der Waals surface area contributed by atoms with Crippen LogP contribution in [0.5, 0.6) is 11.5 Å². The first-order valence-electron chi connectivity index (χ1n) is 5.88. The van der Waals surface area contributed by atoms with Crippen LogP contribution in [0.3, 0.4) is 0 Å². The summed E-state index contributed by atoms with van der Waals surface area (Å²) in [6, 6.07) is 5.34. The van der Waals surface area contributed by atoms with Crippen LogP contribution in [0.25, 0.3) is 0 Å². The van der Waals surface area contributed by atoms with E-state index in [1.54, 1.807) is 26.2 Å². The molecule has 1 unspecified atom stereocenters. The summed E-state index contributed by atoms with van der Waals surface area (Å²) in [4.78, 5) is 11.0. The lowest BCUT2D eigenvalue weighted by molar-refractivity contribution is -0.145. The van der Waals surface area contributed by atoms with Gasteiger partial charge in [-0.1, -0.05) is 13.0 Å². The van der Waals surface area contributed by atoms with Gasteiger partial charge in [-0.25, -0.2) is 4.79 Å². The Morgan fingerprint density at radius 1 is 1.50 bits per heavy atom. The molecule has 1 aromatic rings. The monoisotopic (exact) mass is 253 g/mol. The molecule has 0 saturated heterocycles. The highest BCUT2D eigenvalue weighted by Crippen LogP contribution is 2.26. The van der Waals surface area contributed by atoms with Crippen LogP contribution in [0, 0.1) is 0 Å². The largest absolute Gasteiger partial charge is 0.497 e. The molecule has 0 aliphatic carbocycles. The second kappa shape index (κ2) is 6.86. The Balaban J connectivity index is 2.98. The van der Waals surface area contributed by atoms with E-state index >= 15 is 0 Å². The number of rotatable bonds is 7. The molecular weight excluding hydrogens is 234 g/mol. The van der Waals surface area contributed by atoms with E-state index in [1.807, 2.05) is 6.07 Å². The number of carboxylic acids is 1. The maximum absolute atomic E-state index is 11.0. The molecule has 1 rings (SSSR count). The minimum Gasteiger partial charge on any atom is -0.497 e. The summed E-state index contributed by atoms with van der Waals surface area (Å²) in [6.45, 7) is 2.24. The van der Waals surface area contributed by atoms with E-state index in [4.69, 9.17) is 20.3 Å². The number of hydrogen-bond acceptors (Lipinski definition) is 4. The van der Waals surface area contributed by atoms with Gasteiger partial charge in [-0.05, 0) is 31.0 Å². The molecular formula is C13H19NO4. The van der Waals surface area contributed by atoms with Crippen LogP contribution in [0.4, 0.5) is 0 Å². The van der Waals surface area contributed by atoms with Gasteiger partial charge in [0.1, 0.15) is 11.5 Å². The Kier molecular flexibility index (Phi) is 5.45. The number of nitrogens with two attached hydrogens (primary N) is 1. The van der Waals surface area contributed by atoms with Crippen LogP contribution >= 0.6 is 0 Å². The molecule has 0 fully saturated rings. The number of benzene rings is 1. The molecule has 0 spiro atoms. The minimum absolute atomic E-state index is 0.397. The lowest BCUT2D eigenvalue weighted by atomic mass is 10.1. The average molecular weight is 253 g/mol. The molecule has 0 heterocycles. The summed E-state index contributed by atoms with van der Waals surface area (Å²) < 4.78 is 10.6. The minimum atomic E-state index is -0.973. The van der Waals surface area contributed by atoms with Gasteiger partial charge in [-0.15, -0.1) is 0 Å². The number of aliphatic carboxylic acids is 1. The van der Waals surface area contributed by atoms with Crippen LogP contribution in [-0.2, 0) is 11.2 Å². The van der Waals surface area contributed by atoms with Crippen molar-refractivity contribution >= 4 is 5.97 Å². The summed E-state index contributed by atoms with van der Waals surface area (Å²) >= 11 is 0. The second-order valence-electron chi connectivity index (χ2n) is 3.87. The third-order valence-electron chi connectivity index (χ3n) is 2.60. The number of carboxylic acid groups (broad SMARTS) is 1. The number of methoxy groups -OCH3 is 1. The van der Waals surface area contributed by atoms with Gasteiger partial charge in [-0.2, -0.15) is 0 Å². The van der Waals surface area contributed by atoms with Crippen molar-refractivity contribution in [2.75, 3.05) is 13.7 Å². The summed E-state index contributed by atoms with van der Waals surface area (Å²) in [5, 5.41) is 9.00. The molecule has 1 aromatic carbocycles. The van der Waals surface area contributed by atoms with Crippen LogP contribution in [0.2, 0.25) is 0 Å². The first kappa shape index (κ1) is 14.3. The molecule has 5 nitrogen and oxygen atoms in total. The van der Waals surface area contributed by atoms with Crippen molar-refractivity contribution in [3.63, 3.8) is 0 Å². The van der Waals surface area contributed by atoms with Gasteiger partial charge < -0.3 is 20.3 Å². The summed E-state index contributed by atoms with van der Waals surface area (Å²) in [7, 11) is 1.55. The van der Waals surface area contributed by atoms with Crippen LogP contribution in [-0.4, -0.2) is 30.8 Å². The molecule has 0 aliphatic heterocycles. The molecule has 18 heavy (non-hydrogen) atoms. The zero-order chi connectivity index (χ0) is 13.5. The SMILES string of the molecule is CCC(Oc1cc(OC)ccc1CCN)C(=O)O.